The maximum absolute atomic E-state index is 11.2. The average Bonchev–Trinajstić information content (AvgIpc) is 2.30. The molecule has 0 radical (unpaired) electrons. The van der Waals surface area contributed by atoms with Crippen LogP contribution < -0.4 is 0 Å². The Morgan fingerprint density at radius 3 is 2.25 bits per heavy atom. The molecule has 0 unspecified atom stereocenters. The van der Waals surface area contributed by atoms with Crippen molar-refractivity contribution in [2.45, 2.75) is 57.7 Å². The van der Waals surface area contributed by atoms with Crippen molar-refractivity contribution >= 4 is 28.6 Å². The van der Waals surface area contributed by atoms with Crippen LogP contribution in [-0.4, -0.2) is 46.6 Å². The van der Waals surface area contributed by atoms with Crippen LogP contribution in [0.2, 0.25) is 0 Å². The molecule has 0 aliphatic carbocycles. The van der Waals surface area contributed by atoms with Gasteiger partial charge in [-0.1, -0.05) is 6.58 Å². The van der Waals surface area contributed by atoms with E-state index in [9.17, 15) is 10.0 Å². The summed E-state index contributed by atoms with van der Waals surface area (Å²) in [5.74, 6) is -0.403. The molecule has 1 N–H and O–H groups in total. The van der Waals surface area contributed by atoms with Crippen molar-refractivity contribution in [1.82, 2.24) is 5.06 Å². The minimum absolute atomic E-state index is 0.0462. The maximum Gasteiger partial charge on any atom is 0.343 e. The van der Waals surface area contributed by atoms with E-state index in [0.717, 1.165) is 12.8 Å². The second-order valence-corrected chi connectivity index (χ2v) is 7.68. The van der Waals surface area contributed by atoms with Crippen LogP contribution in [0, 0.1) is 0 Å². The van der Waals surface area contributed by atoms with Crippen molar-refractivity contribution in [2.75, 3.05) is 13.2 Å². The van der Waals surface area contributed by atoms with Gasteiger partial charge in [-0.25, -0.2) is 4.79 Å². The summed E-state index contributed by atoms with van der Waals surface area (Å²) in [4.78, 5) is 11.2. The molecule has 20 heavy (non-hydrogen) atoms. The number of piperidine rings is 1. The highest BCUT2D eigenvalue weighted by atomic mass is 127. The molecule has 116 valence electrons. The molecule has 0 spiro atoms. The van der Waals surface area contributed by atoms with E-state index >= 15 is 0 Å². The highest BCUT2D eigenvalue weighted by Gasteiger charge is 2.45. The summed E-state index contributed by atoms with van der Waals surface area (Å²) in [5.41, 5.74) is -0.667. The largest absolute Gasteiger partial charge is 0.459 e. The zero-order valence-electron chi connectivity index (χ0n) is 12.6. The van der Waals surface area contributed by atoms with Gasteiger partial charge in [0.1, 0.15) is 6.61 Å². The molecule has 0 aromatic carbocycles. The first-order chi connectivity index (χ1) is 9.06. The number of rotatable bonds is 5. The smallest absolute Gasteiger partial charge is 0.343 e. The summed E-state index contributed by atoms with van der Waals surface area (Å²) < 4.78 is 11.1. The Balaban J connectivity index is 2.42. The molecular formula is C14H24INO4. The third kappa shape index (κ3) is 4.68. The molecule has 0 atom stereocenters. The Morgan fingerprint density at radius 2 is 1.80 bits per heavy atom. The Labute approximate surface area is 134 Å². The fourth-order valence-electron chi connectivity index (χ4n) is 2.72. The number of esters is 1. The summed E-state index contributed by atoms with van der Waals surface area (Å²) in [7, 11) is 0. The molecule has 1 heterocycles. The molecule has 1 saturated heterocycles. The minimum atomic E-state index is -0.403. The normalized spacial score (nSPS) is 22.5. The summed E-state index contributed by atoms with van der Waals surface area (Å²) >= 11 is 1.83. The molecule has 0 aromatic heterocycles. The number of halogens is 1. The minimum Gasteiger partial charge on any atom is -0.459 e. The van der Waals surface area contributed by atoms with Gasteiger partial charge in [-0.3, -0.25) is 0 Å². The zero-order chi connectivity index (χ0) is 15.6. The molecular weight excluding hydrogens is 373 g/mol. The molecule has 1 rings (SSSR count). The van der Waals surface area contributed by atoms with Crippen LogP contribution in [-0.2, 0) is 14.3 Å². The Kier molecular flexibility index (Phi) is 6.01. The number of hydrogen-bond donors (Lipinski definition) is 1. The predicted molar refractivity (Wildman–Crippen MR) is 84.9 cm³/mol. The predicted octanol–water partition coefficient (Wildman–Crippen LogP) is 2.91. The van der Waals surface area contributed by atoms with Crippen LogP contribution >= 0.6 is 22.6 Å². The summed E-state index contributed by atoms with van der Waals surface area (Å²) in [6, 6.07) is 0. The fourth-order valence-corrected chi connectivity index (χ4v) is 2.88. The molecule has 0 aromatic rings. The van der Waals surface area contributed by atoms with Crippen molar-refractivity contribution in [3.63, 3.8) is 0 Å². The standard InChI is InChI=1S/C14H24INO4/c1-10(15)12(17)20-7-6-19-11-8-13(2,3)16(18)14(4,5)9-11/h11,18H,1,6-9H2,2-5H3. The molecule has 0 bridgehead atoms. The average molecular weight is 397 g/mol. The highest BCUT2D eigenvalue weighted by molar-refractivity contribution is 14.1. The number of hydroxylamine groups is 2. The Morgan fingerprint density at radius 1 is 1.30 bits per heavy atom. The second-order valence-electron chi connectivity index (χ2n) is 6.38. The van der Waals surface area contributed by atoms with Gasteiger partial charge in [-0.15, -0.1) is 0 Å². The van der Waals surface area contributed by atoms with Crippen molar-refractivity contribution < 1.29 is 19.5 Å². The van der Waals surface area contributed by atoms with E-state index in [-0.39, 0.29) is 23.8 Å². The van der Waals surface area contributed by atoms with Crippen LogP contribution in [0.1, 0.15) is 40.5 Å². The number of ether oxygens (including phenoxy) is 2. The molecule has 6 heteroatoms. The number of carbonyl (C=O) groups excluding carboxylic acids is 1. The number of nitrogens with zero attached hydrogens (tertiary/aromatic N) is 1. The van der Waals surface area contributed by atoms with E-state index in [1.165, 1.54) is 5.06 Å². The molecule has 1 aliphatic heterocycles. The third-order valence-electron chi connectivity index (χ3n) is 3.49. The van der Waals surface area contributed by atoms with Gasteiger partial charge >= 0.3 is 5.97 Å². The first-order valence-corrected chi connectivity index (χ1v) is 7.76. The lowest BCUT2D eigenvalue weighted by molar-refractivity contribution is -0.261. The first kappa shape index (κ1) is 17.9. The molecule has 1 fully saturated rings. The zero-order valence-corrected chi connectivity index (χ0v) is 14.8. The van der Waals surface area contributed by atoms with Crippen molar-refractivity contribution in [3.8, 4) is 0 Å². The SMILES string of the molecule is C=C(I)C(=O)OCCOC1CC(C)(C)N(O)C(C)(C)C1. The van der Waals surface area contributed by atoms with Crippen LogP contribution in [0.25, 0.3) is 0 Å². The van der Waals surface area contributed by atoms with Crippen LogP contribution in [0.15, 0.2) is 10.2 Å². The van der Waals surface area contributed by atoms with Crippen LogP contribution in [0.4, 0.5) is 0 Å². The summed E-state index contributed by atoms with van der Waals surface area (Å²) in [6.07, 6.45) is 1.52. The van der Waals surface area contributed by atoms with E-state index in [2.05, 4.69) is 6.58 Å². The quantitative estimate of drug-likeness (QED) is 0.335. The molecule has 5 nitrogen and oxygen atoms in total. The van der Waals surface area contributed by atoms with E-state index in [0.29, 0.717) is 10.2 Å². The van der Waals surface area contributed by atoms with Gasteiger partial charge in [0.05, 0.1) is 16.3 Å². The Hall–Kier alpha value is -0.180. The second kappa shape index (κ2) is 6.72. The lowest BCUT2D eigenvalue weighted by Crippen LogP contribution is -2.60. The van der Waals surface area contributed by atoms with Crippen LogP contribution in [0.5, 0.6) is 0 Å². The van der Waals surface area contributed by atoms with Gasteiger partial charge in [-0.05, 0) is 63.1 Å². The monoisotopic (exact) mass is 397 g/mol. The van der Waals surface area contributed by atoms with Gasteiger partial charge in [-0.2, -0.15) is 5.06 Å². The third-order valence-corrected chi connectivity index (χ3v) is 3.93. The maximum atomic E-state index is 11.2. The van der Waals surface area contributed by atoms with Crippen molar-refractivity contribution in [1.29, 1.82) is 0 Å². The number of carbonyl (C=O) groups is 1. The lowest BCUT2D eigenvalue weighted by Gasteiger charge is -2.51. The van der Waals surface area contributed by atoms with E-state index < -0.39 is 5.97 Å². The van der Waals surface area contributed by atoms with Gasteiger partial charge in [0, 0.05) is 11.1 Å². The highest BCUT2D eigenvalue weighted by Crippen LogP contribution is 2.37. The fraction of sp³-hybridized carbons (Fsp3) is 0.786. The first-order valence-electron chi connectivity index (χ1n) is 6.68. The van der Waals surface area contributed by atoms with Gasteiger partial charge in [0.2, 0.25) is 0 Å². The lowest BCUT2D eigenvalue weighted by atomic mass is 9.80. The van der Waals surface area contributed by atoms with Gasteiger partial charge < -0.3 is 14.7 Å². The summed E-state index contributed by atoms with van der Waals surface area (Å²) in [6.45, 7) is 12.1. The van der Waals surface area contributed by atoms with Crippen molar-refractivity contribution in [3.05, 3.63) is 10.2 Å². The molecule has 1 aliphatic rings. The van der Waals surface area contributed by atoms with E-state index in [1.54, 1.807) is 0 Å². The van der Waals surface area contributed by atoms with E-state index in [1.807, 2.05) is 50.3 Å². The van der Waals surface area contributed by atoms with Gasteiger partial charge in [0.15, 0.2) is 0 Å². The summed E-state index contributed by atoms with van der Waals surface area (Å²) in [5, 5.41) is 11.6. The van der Waals surface area contributed by atoms with Gasteiger partial charge in [0.25, 0.3) is 0 Å². The van der Waals surface area contributed by atoms with Crippen molar-refractivity contribution in [2.24, 2.45) is 0 Å². The molecule has 0 amide bonds. The molecule has 0 saturated carbocycles. The van der Waals surface area contributed by atoms with E-state index in [4.69, 9.17) is 9.47 Å². The van der Waals surface area contributed by atoms with Crippen LogP contribution in [0.3, 0.4) is 0 Å². The number of hydrogen-bond acceptors (Lipinski definition) is 5. The Bertz CT molecular complexity index is 363. The topological polar surface area (TPSA) is 59.0 Å².